The van der Waals surface area contributed by atoms with Crippen molar-refractivity contribution in [3.63, 3.8) is 0 Å². The molecule has 0 unspecified atom stereocenters. The van der Waals surface area contributed by atoms with Crippen LogP contribution in [0.1, 0.15) is 39.0 Å². The highest BCUT2D eigenvalue weighted by molar-refractivity contribution is 6.31. The van der Waals surface area contributed by atoms with Gasteiger partial charge < -0.3 is 19.5 Å². The van der Waals surface area contributed by atoms with Crippen LogP contribution in [0.25, 0.3) is 11.0 Å². The van der Waals surface area contributed by atoms with Gasteiger partial charge in [0.2, 0.25) is 0 Å². The highest BCUT2D eigenvalue weighted by Crippen LogP contribution is 2.44. The fourth-order valence-electron chi connectivity index (χ4n) is 4.19. The third-order valence-corrected chi connectivity index (χ3v) is 5.93. The quantitative estimate of drug-likeness (QED) is 0.658. The first kappa shape index (κ1) is 19.7. The van der Waals surface area contributed by atoms with Crippen molar-refractivity contribution in [1.29, 1.82) is 0 Å². The zero-order valence-corrected chi connectivity index (χ0v) is 17.8. The Labute approximate surface area is 179 Å². The molecule has 8 nitrogen and oxygen atoms in total. The number of hydrogen-bond acceptors (Lipinski definition) is 7. The van der Waals surface area contributed by atoms with E-state index in [1.165, 1.54) is 6.33 Å². The van der Waals surface area contributed by atoms with Crippen LogP contribution in [-0.2, 0) is 20.8 Å². The van der Waals surface area contributed by atoms with Gasteiger partial charge in [-0.1, -0.05) is 36.7 Å². The van der Waals surface area contributed by atoms with Crippen LogP contribution in [0.15, 0.2) is 36.8 Å². The van der Waals surface area contributed by atoms with Crippen molar-refractivity contribution in [2.45, 2.75) is 64.1 Å². The summed E-state index contributed by atoms with van der Waals surface area (Å²) < 4.78 is 20.3. The van der Waals surface area contributed by atoms with E-state index >= 15 is 0 Å². The van der Waals surface area contributed by atoms with Crippen molar-refractivity contribution in [3.05, 3.63) is 47.4 Å². The van der Waals surface area contributed by atoms with Crippen LogP contribution < -0.4 is 5.32 Å². The Morgan fingerprint density at radius 2 is 1.97 bits per heavy atom. The molecule has 3 aromatic rings. The van der Waals surface area contributed by atoms with Gasteiger partial charge in [-0.25, -0.2) is 14.6 Å². The van der Waals surface area contributed by atoms with Gasteiger partial charge >= 0.3 is 0 Å². The molecule has 0 amide bonds. The predicted octanol–water partition coefficient (Wildman–Crippen LogP) is 3.92. The molecule has 9 heteroatoms. The molecule has 2 aliphatic rings. The van der Waals surface area contributed by atoms with Crippen LogP contribution in [0.2, 0.25) is 5.02 Å². The van der Waals surface area contributed by atoms with Crippen LogP contribution in [0.5, 0.6) is 0 Å². The molecule has 0 saturated carbocycles. The molecule has 0 bridgehead atoms. The van der Waals surface area contributed by atoms with Crippen LogP contribution in [-0.4, -0.2) is 43.8 Å². The molecular formula is C21H24ClN5O3. The summed E-state index contributed by atoms with van der Waals surface area (Å²) in [5, 5.41) is 9.44. The zero-order valence-electron chi connectivity index (χ0n) is 17.1. The van der Waals surface area contributed by atoms with Crippen molar-refractivity contribution < 1.29 is 14.2 Å². The average Bonchev–Trinajstić information content (AvgIpc) is 3.38. The SMILES string of the molecule is CC[C@H]1O[C@@H](n2ncc3c(NCc4ccccc4Cl)ncnc32)[C@@H]2OC(C)(C)O[C@@H]21. The zero-order chi connectivity index (χ0) is 20.9. The third kappa shape index (κ3) is 3.33. The van der Waals surface area contributed by atoms with E-state index in [9.17, 15) is 0 Å². The number of nitrogens with zero attached hydrogens (tertiary/aromatic N) is 4. The fourth-order valence-corrected chi connectivity index (χ4v) is 4.40. The van der Waals surface area contributed by atoms with Crippen LogP contribution in [0.3, 0.4) is 0 Å². The number of hydrogen-bond donors (Lipinski definition) is 1. The Bertz CT molecular complexity index is 1070. The summed E-state index contributed by atoms with van der Waals surface area (Å²) in [5.41, 5.74) is 1.67. The minimum Gasteiger partial charge on any atom is -0.365 e. The molecule has 0 aliphatic carbocycles. The van der Waals surface area contributed by atoms with E-state index in [4.69, 9.17) is 25.8 Å². The third-order valence-electron chi connectivity index (χ3n) is 5.56. The average molecular weight is 430 g/mol. The molecule has 158 valence electrons. The maximum absolute atomic E-state index is 6.27. The first-order valence-corrected chi connectivity index (χ1v) is 10.5. The summed E-state index contributed by atoms with van der Waals surface area (Å²) in [7, 11) is 0. The number of rotatable bonds is 5. The second-order valence-corrected chi connectivity index (χ2v) is 8.44. The molecule has 2 aromatic heterocycles. The minimum absolute atomic E-state index is 0.0549. The van der Waals surface area contributed by atoms with Gasteiger partial charge in [0.1, 0.15) is 24.4 Å². The lowest BCUT2D eigenvalue weighted by Gasteiger charge is -2.24. The van der Waals surface area contributed by atoms with Gasteiger partial charge in [-0.15, -0.1) is 0 Å². The minimum atomic E-state index is -0.648. The molecule has 1 N–H and O–H groups in total. The van der Waals surface area contributed by atoms with E-state index in [-0.39, 0.29) is 18.3 Å². The monoisotopic (exact) mass is 429 g/mol. The second kappa shape index (κ2) is 7.46. The Kier molecular flexibility index (Phi) is 4.89. The highest BCUT2D eigenvalue weighted by Gasteiger charge is 2.55. The van der Waals surface area contributed by atoms with Gasteiger partial charge in [-0.2, -0.15) is 5.10 Å². The Morgan fingerprint density at radius 1 is 1.17 bits per heavy atom. The summed E-state index contributed by atoms with van der Waals surface area (Å²) in [6.45, 7) is 6.48. The van der Waals surface area contributed by atoms with Gasteiger partial charge in [0, 0.05) is 11.6 Å². The molecule has 1 aromatic carbocycles. The number of ether oxygens (including phenoxy) is 3. The number of nitrogens with one attached hydrogen (secondary N) is 1. The summed E-state index contributed by atoms with van der Waals surface area (Å²) in [6.07, 6.45) is 3.26. The van der Waals surface area contributed by atoms with Gasteiger partial charge in [0.25, 0.3) is 0 Å². The smallest absolute Gasteiger partial charge is 0.181 e. The van der Waals surface area contributed by atoms with Gasteiger partial charge in [0.05, 0.1) is 17.7 Å². The van der Waals surface area contributed by atoms with E-state index in [2.05, 4.69) is 27.3 Å². The number of fused-ring (bicyclic) bond motifs is 2. The molecule has 30 heavy (non-hydrogen) atoms. The molecule has 0 radical (unpaired) electrons. The first-order valence-electron chi connectivity index (χ1n) is 10.1. The van der Waals surface area contributed by atoms with E-state index in [1.54, 1.807) is 10.9 Å². The highest BCUT2D eigenvalue weighted by atomic mass is 35.5. The van der Waals surface area contributed by atoms with Crippen LogP contribution in [0.4, 0.5) is 5.82 Å². The summed E-state index contributed by atoms with van der Waals surface area (Å²) >= 11 is 6.27. The van der Waals surface area contributed by atoms with Crippen LogP contribution in [0, 0.1) is 0 Å². The maximum atomic E-state index is 6.27. The summed E-state index contributed by atoms with van der Waals surface area (Å²) in [4.78, 5) is 8.86. The molecule has 2 aliphatic heterocycles. The maximum Gasteiger partial charge on any atom is 0.181 e. The lowest BCUT2D eigenvalue weighted by molar-refractivity contribution is -0.197. The number of anilines is 1. The summed E-state index contributed by atoms with van der Waals surface area (Å²) in [5.74, 6) is 0.0429. The first-order chi connectivity index (χ1) is 14.5. The predicted molar refractivity (Wildman–Crippen MR) is 112 cm³/mol. The number of benzene rings is 1. The van der Waals surface area contributed by atoms with Gasteiger partial charge in [0.15, 0.2) is 17.7 Å². The molecule has 0 spiro atoms. The Hall–Kier alpha value is -2.26. The lowest BCUT2D eigenvalue weighted by Crippen LogP contribution is -2.28. The van der Waals surface area contributed by atoms with E-state index < -0.39 is 12.0 Å². The van der Waals surface area contributed by atoms with Crippen molar-refractivity contribution >= 4 is 28.5 Å². The molecule has 5 rings (SSSR count). The van der Waals surface area contributed by atoms with Crippen molar-refractivity contribution in [3.8, 4) is 0 Å². The number of halogens is 1. The second-order valence-electron chi connectivity index (χ2n) is 8.03. The molecule has 2 saturated heterocycles. The van der Waals surface area contributed by atoms with Crippen molar-refractivity contribution in [2.24, 2.45) is 0 Å². The molecule has 2 fully saturated rings. The fraction of sp³-hybridized carbons (Fsp3) is 0.476. The largest absolute Gasteiger partial charge is 0.365 e. The molecule has 4 atom stereocenters. The topological polar surface area (TPSA) is 83.3 Å². The van der Waals surface area contributed by atoms with Gasteiger partial charge in [-0.3, -0.25) is 0 Å². The lowest BCUT2D eigenvalue weighted by atomic mass is 10.1. The standard InChI is InChI=1S/C21H24ClN5O3/c1-4-15-16-17(30-21(2,3)29-16)20(28-15)27-19-13(10-26-27)18(24-11-25-19)23-9-12-7-5-6-8-14(12)22/h5-8,10-11,15-17,20H,4,9H2,1-3H3,(H,23,24,25)/t15-,16-,17-,20-/m1/s1. The normalized spacial score (nSPS) is 27.5. The molecular weight excluding hydrogens is 406 g/mol. The summed E-state index contributed by atoms with van der Waals surface area (Å²) in [6, 6.07) is 7.72. The van der Waals surface area contributed by atoms with Crippen molar-refractivity contribution in [2.75, 3.05) is 5.32 Å². The Balaban J connectivity index is 1.44. The van der Waals surface area contributed by atoms with Crippen LogP contribution >= 0.6 is 11.6 Å². The van der Waals surface area contributed by atoms with Crippen molar-refractivity contribution in [1.82, 2.24) is 19.7 Å². The van der Waals surface area contributed by atoms with E-state index in [0.717, 1.165) is 17.4 Å². The number of aromatic nitrogens is 4. The van der Waals surface area contributed by atoms with E-state index in [1.807, 2.05) is 38.1 Å². The Morgan fingerprint density at radius 3 is 2.77 bits per heavy atom. The molecule has 4 heterocycles. The van der Waals surface area contributed by atoms with Gasteiger partial charge in [-0.05, 0) is 31.9 Å². The van der Waals surface area contributed by atoms with E-state index in [0.29, 0.717) is 23.0 Å².